The van der Waals surface area contributed by atoms with Gasteiger partial charge < -0.3 is 10.1 Å². The van der Waals surface area contributed by atoms with Crippen molar-refractivity contribution < 1.29 is 4.74 Å². The first kappa shape index (κ1) is 9.69. The van der Waals surface area contributed by atoms with Crippen LogP contribution in [0.5, 0.6) is 0 Å². The molecule has 14 heavy (non-hydrogen) atoms. The monoisotopic (exact) mass is 191 g/mol. The summed E-state index contributed by atoms with van der Waals surface area (Å²) in [7, 11) is 0. The van der Waals surface area contributed by atoms with Gasteiger partial charge in [0.1, 0.15) is 0 Å². The lowest BCUT2D eigenvalue weighted by Crippen LogP contribution is -2.46. The minimum absolute atomic E-state index is 0.420. The van der Waals surface area contributed by atoms with Crippen molar-refractivity contribution in [3.05, 3.63) is 35.4 Å². The Labute approximate surface area is 85.3 Å². The molecule has 1 aliphatic heterocycles. The first-order valence-corrected chi connectivity index (χ1v) is 5.16. The molecule has 1 saturated heterocycles. The van der Waals surface area contributed by atoms with E-state index in [1.807, 2.05) is 0 Å². The lowest BCUT2D eigenvalue weighted by molar-refractivity contribution is -0.00925. The van der Waals surface area contributed by atoms with Gasteiger partial charge in [-0.05, 0) is 19.4 Å². The van der Waals surface area contributed by atoms with E-state index >= 15 is 0 Å². The molecule has 0 aliphatic carbocycles. The molecule has 1 atom stereocenters. The van der Waals surface area contributed by atoms with E-state index in [1.54, 1.807) is 0 Å². The molecule has 0 aromatic heterocycles. The van der Waals surface area contributed by atoms with E-state index in [-0.39, 0.29) is 0 Å². The SMILES string of the molecule is Cc1cccc([C@@H](C)NC2COC2)c1. The van der Waals surface area contributed by atoms with Crippen LogP contribution in [0.15, 0.2) is 24.3 Å². The molecule has 0 radical (unpaired) electrons. The highest BCUT2D eigenvalue weighted by Crippen LogP contribution is 2.15. The van der Waals surface area contributed by atoms with E-state index in [4.69, 9.17) is 4.74 Å². The largest absolute Gasteiger partial charge is 0.378 e. The van der Waals surface area contributed by atoms with E-state index in [1.165, 1.54) is 11.1 Å². The third-order valence-electron chi connectivity index (χ3n) is 2.67. The van der Waals surface area contributed by atoms with Gasteiger partial charge in [-0.1, -0.05) is 29.8 Å². The Hall–Kier alpha value is -0.860. The van der Waals surface area contributed by atoms with Crippen molar-refractivity contribution in [3.63, 3.8) is 0 Å². The van der Waals surface area contributed by atoms with E-state index in [2.05, 4.69) is 43.4 Å². The number of ether oxygens (including phenoxy) is 1. The van der Waals surface area contributed by atoms with Gasteiger partial charge in [0.25, 0.3) is 0 Å². The van der Waals surface area contributed by atoms with Crippen molar-refractivity contribution in [2.24, 2.45) is 0 Å². The van der Waals surface area contributed by atoms with E-state index in [9.17, 15) is 0 Å². The van der Waals surface area contributed by atoms with Gasteiger partial charge in [0, 0.05) is 6.04 Å². The smallest absolute Gasteiger partial charge is 0.0643 e. The van der Waals surface area contributed by atoms with Crippen molar-refractivity contribution in [2.45, 2.75) is 25.9 Å². The zero-order valence-electron chi connectivity index (χ0n) is 8.79. The quantitative estimate of drug-likeness (QED) is 0.789. The second-order valence-corrected chi connectivity index (χ2v) is 4.04. The molecule has 0 saturated carbocycles. The topological polar surface area (TPSA) is 21.3 Å². The Morgan fingerprint density at radius 3 is 2.79 bits per heavy atom. The highest BCUT2D eigenvalue weighted by Gasteiger charge is 2.20. The van der Waals surface area contributed by atoms with Gasteiger partial charge in [0.05, 0.1) is 19.3 Å². The average molecular weight is 191 g/mol. The van der Waals surface area contributed by atoms with Crippen LogP contribution in [0, 0.1) is 6.92 Å². The molecule has 2 heteroatoms. The highest BCUT2D eigenvalue weighted by molar-refractivity contribution is 5.24. The predicted molar refractivity (Wildman–Crippen MR) is 57.3 cm³/mol. The Kier molecular flexibility index (Phi) is 2.85. The molecule has 0 spiro atoms. The fraction of sp³-hybridized carbons (Fsp3) is 0.500. The third kappa shape index (κ3) is 2.14. The summed E-state index contributed by atoms with van der Waals surface area (Å²) in [4.78, 5) is 0. The van der Waals surface area contributed by atoms with Crippen molar-refractivity contribution in [2.75, 3.05) is 13.2 Å². The second kappa shape index (κ2) is 4.11. The summed E-state index contributed by atoms with van der Waals surface area (Å²) >= 11 is 0. The Balaban J connectivity index is 1.98. The summed E-state index contributed by atoms with van der Waals surface area (Å²) < 4.78 is 5.13. The summed E-state index contributed by atoms with van der Waals surface area (Å²) in [6.45, 7) is 6.04. The maximum absolute atomic E-state index is 5.13. The maximum atomic E-state index is 5.13. The summed E-state index contributed by atoms with van der Waals surface area (Å²) in [5.41, 5.74) is 2.68. The van der Waals surface area contributed by atoms with Crippen LogP contribution in [0.4, 0.5) is 0 Å². The first-order chi connectivity index (χ1) is 6.75. The van der Waals surface area contributed by atoms with Crippen LogP contribution in [0.25, 0.3) is 0 Å². The van der Waals surface area contributed by atoms with Crippen molar-refractivity contribution in [1.29, 1.82) is 0 Å². The molecule has 1 N–H and O–H groups in total. The number of aryl methyl sites for hydroxylation is 1. The number of rotatable bonds is 3. The van der Waals surface area contributed by atoms with Gasteiger partial charge in [-0.3, -0.25) is 0 Å². The summed E-state index contributed by atoms with van der Waals surface area (Å²) in [5, 5.41) is 3.53. The number of benzene rings is 1. The number of nitrogens with one attached hydrogen (secondary N) is 1. The van der Waals surface area contributed by atoms with Crippen LogP contribution < -0.4 is 5.32 Å². The standard InChI is InChI=1S/C12H17NO/c1-9-4-3-5-11(6-9)10(2)13-12-7-14-8-12/h3-6,10,12-13H,7-8H2,1-2H3/t10-/m1/s1. The lowest BCUT2D eigenvalue weighted by atomic mass is 10.0. The van der Waals surface area contributed by atoms with Crippen molar-refractivity contribution >= 4 is 0 Å². The molecule has 76 valence electrons. The normalized spacial score (nSPS) is 19.0. The zero-order chi connectivity index (χ0) is 9.97. The van der Waals surface area contributed by atoms with Crippen molar-refractivity contribution in [3.8, 4) is 0 Å². The molecule has 0 amide bonds. The zero-order valence-corrected chi connectivity index (χ0v) is 8.79. The van der Waals surface area contributed by atoms with Gasteiger partial charge in [0.15, 0.2) is 0 Å². The lowest BCUT2D eigenvalue weighted by Gasteiger charge is -2.30. The minimum Gasteiger partial charge on any atom is -0.378 e. The molecule has 0 unspecified atom stereocenters. The number of hydrogen-bond acceptors (Lipinski definition) is 2. The molecular weight excluding hydrogens is 174 g/mol. The van der Waals surface area contributed by atoms with Gasteiger partial charge in [0.2, 0.25) is 0 Å². The van der Waals surface area contributed by atoms with Gasteiger partial charge in [-0.15, -0.1) is 0 Å². The molecule has 0 bridgehead atoms. The Bertz CT molecular complexity index is 307. The Morgan fingerprint density at radius 2 is 2.21 bits per heavy atom. The van der Waals surface area contributed by atoms with E-state index in [0.29, 0.717) is 12.1 Å². The van der Waals surface area contributed by atoms with Crippen LogP contribution in [0.3, 0.4) is 0 Å². The summed E-state index contributed by atoms with van der Waals surface area (Å²) in [5.74, 6) is 0. The molecule has 1 fully saturated rings. The second-order valence-electron chi connectivity index (χ2n) is 4.04. The molecular formula is C12H17NO. The van der Waals surface area contributed by atoms with Crippen LogP contribution in [-0.4, -0.2) is 19.3 Å². The molecule has 2 nitrogen and oxygen atoms in total. The molecule has 1 aliphatic rings. The first-order valence-electron chi connectivity index (χ1n) is 5.16. The molecule has 1 heterocycles. The fourth-order valence-corrected chi connectivity index (χ4v) is 1.72. The third-order valence-corrected chi connectivity index (χ3v) is 2.67. The van der Waals surface area contributed by atoms with Gasteiger partial charge in [-0.25, -0.2) is 0 Å². The highest BCUT2D eigenvalue weighted by atomic mass is 16.5. The van der Waals surface area contributed by atoms with Crippen LogP contribution in [0.2, 0.25) is 0 Å². The summed E-state index contributed by atoms with van der Waals surface area (Å²) in [6.07, 6.45) is 0. The molecule has 2 rings (SSSR count). The van der Waals surface area contributed by atoms with Gasteiger partial charge >= 0.3 is 0 Å². The fourth-order valence-electron chi connectivity index (χ4n) is 1.72. The Morgan fingerprint density at radius 1 is 1.43 bits per heavy atom. The van der Waals surface area contributed by atoms with Crippen LogP contribution in [-0.2, 0) is 4.74 Å². The summed E-state index contributed by atoms with van der Waals surface area (Å²) in [6, 6.07) is 9.61. The minimum atomic E-state index is 0.420. The van der Waals surface area contributed by atoms with Crippen LogP contribution >= 0.6 is 0 Å². The average Bonchev–Trinajstić information content (AvgIpc) is 2.11. The van der Waals surface area contributed by atoms with E-state index in [0.717, 1.165) is 13.2 Å². The van der Waals surface area contributed by atoms with Crippen LogP contribution in [0.1, 0.15) is 24.1 Å². The molecule has 1 aromatic rings. The maximum Gasteiger partial charge on any atom is 0.0643 e. The predicted octanol–water partition coefficient (Wildman–Crippen LogP) is 2.04. The number of hydrogen-bond donors (Lipinski definition) is 1. The molecule has 1 aromatic carbocycles. The van der Waals surface area contributed by atoms with Crippen molar-refractivity contribution in [1.82, 2.24) is 5.32 Å². The van der Waals surface area contributed by atoms with E-state index < -0.39 is 0 Å². The van der Waals surface area contributed by atoms with Gasteiger partial charge in [-0.2, -0.15) is 0 Å².